The first-order chi connectivity index (χ1) is 18.4. The minimum atomic E-state index is -0.798. The fraction of sp³-hybridized carbons (Fsp3) is 0.207. The van der Waals surface area contributed by atoms with E-state index in [2.05, 4.69) is 0 Å². The number of carbonyl (C=O) groups is 2. The summed E-state index contributed by atoms with van der Waals surface area (Å²) in [5.74, 6) is -0.488. The van der Waals surface area contributed by atoms with Gasteiger partial charge in [0, 0.05) is 6.54 Å². The summed E-state index contributed by atoms with van der Waals surface area (Å²) in [6.45, 7) is 0.242. The first-order valence-corrected chi connectivity index (χ1v) is 11.8. The van der Waals surface area contributed by atoms with Crippen molar-refractivity contribution in [2.45, 2.75) is 12.5 Å². The molecule has 0 aliphatic carbocycles. The molecule has 1 amide bonds. The van der Waals surface area contributed by atoms with Gasteiger partial charge in [-0.3, -0.25) is 9.59 Å². The van der Waals surface area contributed by atoms with Crippen LogP contribution in [0.5, 0.6) is 11.5 Å². The number of esters is 1. The smallest absolute Gasteiger partial charge is 0.337 e. The van der Waals surface area contributed by atoms with Crippen molar-refractivity contribution in [2.75, 3.05) is 27.9 Å². The normalized spacial score (nSPS) is 14.5. The first kappa shape index (κ1) is 25.0. The van der Waals surface area contributed by atoms with Crippen molar-refractivity contribution in [1.82, 2.24) is 4.90 Å². The third-order valence-electron chi connectivity index (χ3n) is 6.66. The molecule has 0 bridgehead atoms. The molecule has 194 valence electrons. The Kier molecular flexibility index (Phi) is 6.59. The van der Waals surface area contributed by atoms with Crippen LogP contribution in [-0.4, -0.2) is 44.7 Å². The van der Waals surface area contributed by atoms with Crippen LogP contribution in [0.25, 0.3) is 11.0 Å². The number of methoxy groups -OCH3 is 3. The number of fused-ring (bicyclic) bond motifs is 2. The van der Waals surface area contributed by atoms with Gasteiger partial charge < -0.3 is 23.5 Å². The van der Waals surface area contributed by atoms with E-state index in [9.17, 15) is 18.8 Å². The molecule has 0 fully saturated rings. The van der Waals surface area contributed by atoms with Crippen LogP contribution >= 0.6 is 0 Å². The molecule has 0 saturated carbocycles. The van der Waals surface area contributed by atoms with Gasteiger partial charge in [-0.1, -0.05) is 18.2 Å². The van der Waals surface area contributed by atoms with Crippen LogP contribution in [0.3, 0.4) is 0 Å². The minimum absolute atomic E-state index is 0.0504. The Morgan fingerprint density at radius 3 is 2.37 bits per heavy atom. The zero-order valence-electron chi connectivity index (χ0n) is 20.9. The summed E-state index contributed by atoms with van der Waals surface area (Å²) in [5.41, 5.74) is 1.59. The maximum Gasteiger partial charge on any atom is 0.337 e. The summed E-state index contributed by atoms with van der Waals surface area (Å²) in [7, 11) is 4.38. The summed E-state index contributed by atoms with van der Waals surface area (Å²) >= 11 is 0. The first-order valence-electron chi connectivity index (χ1n) is 11.8. The number of carbonyl (C=O) groups excluding carboxylic acids is 2. The molecular weight excluding hydrogens is 493 g/mol. The van der Waals surface area contributed by atoms with Gasteiger partial charge in [0.25, 0.3) is 5.91 Å². The Balaban J connectivity index is 1.59. The van der Waals surface area contributed by atoms with Crippen LogP contribution in [0, 0.1) is 5.82 Å². The summed E-state index contributed by atoms with van der Waals surface area (Å²) in [6.07, 6.45) is 0.444. The molecule has 3 aromatic carbocycles. The zero-order chi connectivity index (χ0) is 27.0. The second-order valence-electron chi connectivity index (χ2n) is 8.77. The minimum Gasteiger partial charge on any atom is -0.493 e. The average molecular weight is 518 g/mol. The maximum absolute atomic E-state index is 14.0. The molecule has 9 heteroatoms. The van der Waals surface area contributed by atoms with E-state index in [0.29, 0.717) is 29.0 Å². The Morgan fingerprint density at radius 2 is 1.68 bits per heavy atom. The summed E-state index contributed by atoms with van der Waals surface area (Å²) in [4.78, 5) is 40.7. The van der Waals surface area contributed by atoms with Gasteiger partial charge in [0.2, 0.25) is 5.76 Å². The summed E-state index contributed by atoms with van der Waals surface area (Å²) in [5, 5.41) is 0.0504. The summed E-state index contributed by atoms with van der Waals surface area (Å²) < 4.78 is 35.3. The van der Waals surface area contributed by atoms with Crippen molar-refractivity contribution < 1.29 is 32.6 Å². The van der Waals surface area contributed by atoms with Crippen LogP contribution in [0.1, 0.15) is 43.6 Å². The van der Waals surface area contributed by atoms with Crippen LogP contribution in [0.15, 0.2) is 69.9 Å². The number of halogens is 1. The highest BCUT2D eigenvalue weighted by Gasteiger charge is 2.42. The lowest BCUT2D eigenvalue weighted by Crippen LogP contribution is -2.31. The highest BCUT2D eigenvalue weighted by atomic mass is 19.1. The van der Waals surface area contributed by atoms with Crippen molar-refractivity contribution in [2.24, 2.45) is 0 Å². The number of benzene rings is 3. The van der Waals surface area contributed by atoms with E-state index >= 15 is 0 Å². The predicted octanol–water partition coefficient (Wildman–Crippen LogP) is 4.52. The molecular formula is C29H24FNO7. The van der Waals surface area contributed by atoms with Crippen molar-refractivity contribution >= 4 is 22.8 Å². The third-order valence-corrected chi connectivity index (χ3v) is 6.66. The Bertz CT molecular complexity index is 1610. The molecule has 0 saturated heterocycles. The van der Waals surface area contributed by atoms with Gasteiger partial charge in [0.1, 0.15) is 11.4 Å². The van der Waals surface area contributed by atoms with E-state index in [-0.39, 0.29) is 28.8 Å². The number of ether oxygens (including phenoxy) is 3. The Morgan fingerprint density at radius 1 is 0.947 bits per heavy atom. The number of rotatable bonds is 7. The van der Waals surface area contributed by atoms with Gasteiger partial charge >= 0.3 is 5.97 Å². The molecule has 2 heterocycles. The second kappa shape index (κ2) is 10.0. The molecule has 8 nitrogen and oxygen atoms in total. The third kappa shape index (κ3) is 4.26. The molecule has 0 N–H and O–H groups in total. The Hall–Kier alpha value is -4.66. The van der Waals surface area contributed by atoms with Crippen LogP contribution in [0.4, 0.5) is 4.39 Å². The van der Waals surface area contributed by atoms with Crippen LogP contribution in [-0.2, 0) is 11.2 Å². The summed E-state index contributed by atoms with van der Waals surface area (Å²) in [6, 6.07) is 14.8. The molecule has 5 rings (SSSR count). The van der Waals surface area contributed by atoms with Crippen molar-refractivity contribution in [3.8, 4) is 11.5 Å². The second-order valence-corrected chi connectivity index (χ2v) is 8.77. The SMILES string of the molecule is COC(=O)c1ccc([C@H]2c3c(oc4ccc(F)cc4c3=O)C(=O)N2CCc2ccc(OC)c(OC)c2)cc1. The van der Waals surface area contributed by atoms with Gasteiger partial charge in [-0.05, 0) is 60.0 Å². The lowest BCUT2D eigenvalue weighted by Gasteiger charge is -2.25. The lowest BCUT2D eigenvalue weighted by molar-refractivity contribution is 0.0600. The fourth-order valence-electron chi connectivity index (χ4n) is 4.77. The molecule has 38 heavy (non-hydrogen) atoms. The fourth-order valence-corrected chi connectivity index (χ4v) is 4.77. The quantitative estimate of drug-likeness (QED) is 0.333. The monoisotopic (exact) mass is 517 g/mol. The molecule has 4 aromatic rings. The number of amides is 1. The highest BCUT2D eigenvalue weighted by molar-refractivity contribution is 5.99. The molecule has 1 aromatic heterocycles. The van der Waals surface area contributed by atoms with Crippen molar-refractivity contribution in [3.63, 3.8) is 0 Å². The van der Waals surface area contributed by atoms with E-state index < -0.39 is 29.2 Å². The molecule has 1 aliphatic heterocycles. The van der Waals surface area contributed by atoms with E-state index in [4.69, 9.17) is 18.6 Å². The van der Waals surface area contributed by atoms with E-state index in [1.165, 1.54) is 19.2 Å². The van der Waals surface area contributed by atoms with Gasteiger partial charge in [-0.2, -0.15) is 0 Å². The van der Waals surface area contributed by atoms with E-state index in [0.717, 1.165) is 11.6 Å². The average Bonchev–Trinajstić information content (AvgIpc) is 3.23. The molecule has 0 radical (unpaired) electrons. The largest absolute Gasteiger partial charge is 0.493 e. The molecule has 0 spiro atoms. The number of hydrogen-bond donors (Lipinski definition) is 0. The standard InChI is InChI=1S/C29H24FNO7/c1-35-22-10-4-16(14-23(22)36-2)12-13-31-25(17-5-7-18(8-6-17)29(34)37-3)24-26(32)20-15-19(30)9-11-21(20)38-27(24)28(31)33/h4-11,14-15,25H,12-13H2,1-3H3/t25-/m0/s1. The van der Waals surface area contributed by atoms with Gasteiger partial charge in [-0.25, -0.2) is 9.18 Å². The van der Waals surface area contributed by atoms with Gasteiger partial charge in [-0.15, -0.1) is 0 Å². The topological polar surface area (TPSA) is 95.3 Å². The van der Waals surface area contributed by atoms with E-state index in [1.807, 2.05) is 12.1 Å². The molecule has 1 atom stereocenters. The predicted molar refractivity (Wildman–Crippen MR) is 136 cm³/mol. The van der Waals surface area contributed by atoms with Crippen molar-refractivity contribution in [3.05, 3.63) is 105 Å². The van der Waals surface area contributed by atoms with Crippen molar-refractivity contribution in [1.29, 1.82) is 0 Å². The zero-order valence-corrected chi connectivity index (χ0v) is 20.9. The van der Waals surface area contributed by atoms with Gasteiger partial charge in [0.15, 0.2) is 16.9 Å². The number of nitrogens with zero attached hydrogens (tertiary/aromatic N) is 1. The maximum atomic E-state index is 14.0. The van der Waals surface area contributed by atoms with Crippen LogP contribution < -0.4 is 14.9 Å². The van der Waals surface area contributed by atoms with Gasteiger partial charge in [0.05, 0.1) is 43.9 Å². The Labute approximate surface area is 217 Å². The number of hydrogen-bond acceptors (Lipinski definition) is 7. The lowest BCUT2D eigenvalue weighted by atomic mass is 9.97. The molecule has 1 aliphatic rings. The molecule has 0 unspecified atom stereocenters. The van der Waals surface area contributed by atoms with E-state index in [1.54, 1.807) is 49.5 Å². The highest BCUT2D eigenvalue weighted by Crippen LogP contribution is 2.38. The van der Waals surface area contributed by atoms with Crippen LogP contribution in [0.2, 0.25) is 0 Å².